The summed E-state index contributed by atoms with van der Waals surface area (Å²) < 4.78 is 0. The molecule has 1 fully saturated rings. The summed E-state index contributed by atoms with van der Waals surface area (Å²) in [6.45, 7) is 4.04. The van der Waals surface area contributed by atoms with Crippen molar-refractivity contribution >= 4 is 16.9 Å². The molecule has 22 heavy (non-hydrogen) atoms. The van der Waals surface area contributed by atoms with Gasteiger partial charge in [-0.05, 0) is 43.6 Å². The number of likely N-dealkylation sites (tertiary alicyclic amines) is 1. The third-order valence-corrected chi connectivity index (χ3v) is 4.34. The Morgan fingerprint density at radius 2 is 2.09 bits per heavy atom. The maximum absolute atomic E-state index is 12.1. The maximum atomic E-state index is 12.1. The molecule has 0 atom stereocenters. The molecule has 0 saturated carbocycles. The third kappa shape index (κ3) is 3.85. The Labute approximate surface area is 131 Å². The highest BCUT2D eigenvalue weighted by atomic mass is 16.1. The van der Waals surface area contributed by atoms with Gasteiger partial charge in [0, 0.05) is 30.9 Å². The van der Waals surface area contributed by atoms with E-state index in [1.807, 2.05) is 18.3 Å². The quantitative estimate of drug-likeness (QED) is 0.889. The maximum Gasteiger partial charge on any atom is 0.224 e. The lowest BCUT2D eigenvalue weighted by atomic mass is 10.1. The molecule has 2 N–H and O–H groups in total. The number of carbonyl (C=O) groups is 1. The number of hydrogen-bond acceptors (Lipinski definition) is 3. The van der Waals surface area contributed by atoms with Gasteiger partial charge in [-0.15, -0.1) is 0 Å². The van der Waals surface area contributed by atoms with Crippen LogP contribution in [-0.4, -0.2) is 47.0 Å². The molecule has 0 radical (unpaired) electrons. The highest BCUT2D eigenvalue weighted by Crippen LogP contribution is 2.15. The van der Waals surface area contributed by atoms with Crippen LogP contribution in [0.2, 0.25) is 0 Å². The molecule has 0 aliphatic carbocycles. The van der Waals surface area contributed by atoms with Crippen LogP contribution >= 0.6 is 0 Å². The molecule has 0 unspecified atom stereocenters. The van der Waals surface area contributed by atoms with Crippen molar-refractivity contribution in [3.63, 3.8) is 0 Å². The van der Waals surface area contributed by atoms with Crippen LogP contribution in [-0.2, 0) is 11.2 Å². The zero-order chi connectivity index (χ0) is 15.2. The van der Waals surface area contributed by atoms with Crippen LogP contribution in [0, 0.1) is 0 Å². The molecule has 0 aromatic carbocycles. The largest absolute Gasteiger partial charge is 0.355 e. The summed E-state index contributed by atoms with van der Waals surface area (Å²) in [5, 5.41) is 4.07. The Kier molecular flexibility index (Phi) is 5.06. The van der Waals surface area contributed by atoms with Gasteiger partial charge in [-0.1, -0.05) is 12.8 Å². The molecular weight excluding hydrogens is 276 g/mol. The van der Waals surface area contributed by atoms with E-state index in [9.17, 15) is 4.79 Å². The van der Waals surface area contributed by atoms with Crippen LogP contribution in [0.5, 0.6) is 0 Å². The third-order valence-electron chi connectivity index (χ3n) is 4.34. The second-order valence-electron chi connectivity index (χ2n) is 6.00. The number of H-pyrrole nitrogens is 1. The van der Waals surface area contributed by atoms with Gasteiger partial charge in [-0.25, -0.2) is 4.98 Å². The molecule has 5 heteroatoms. The van der Waals surface area contributed by atoms with E-state index in [4.69, 9.17) is 0 Å². The number of amides is 1. The Hall–Kier alpha value is -1.88. The minimum atomic E-state index is 0.0829. The van der Waals surface area contributed by atoms with E-state index in [1.165, 1.54) is 38.8 Å². The van der Waals surface area contributed by atoms with Crippen molar-refractivity contribution in [2.45, 2.75) is 32.1 Å². The lowest BCUT2D eigenvalue weighted by Gasteiger charge is -2.19. The number of nitrogens with one attached hydrogen (secondary N) is 2. The molecule has 3 heterocycles. The van der Waals surface area contributed by atoms with Gasteiger partial charge in [0.1, 0.15) is 5.65 Å². The number of nitrogens with zero attached hydrogens (tertiary/aromatic N) is 2. The van der Waals surface area contributed by atoms with Gasteiger partial charge < -0.3 is 15.2 Å². The first kappa shape index (κ1) is 15.0. The van der Waals surface area contributed by atoms with Crippen molar-refractivity contribution in [1.82, 2.24) is 20.2 Å². The Bertz CT molecular complexity index is 614. The zero-order valence-electron chi connectivity index (χ0n) is 13.0. The average molecular weight is 300 g/mol. The monoisotopic (exact) mass is 300 g/mol. The average Bonchev–Trinajstić information content (AvgIpc) is 2.75. The number of hydrogen-bond donors (Lipinski definition) is 2. The molecule has 1 aliphatic heterocycles. The van der Waals surface area contributed by atoms with Gasteiger partial charge in [-0.2, -0.15) is 0 Å². The molecule has 5 nitrogen and oxygen atoms in total. The Morgan fingerprint density at radius 3 is 2.91 bits per heavy atom. The molecule has 1 aliphatic rings. The normalized spacial score (nSPS) is 16.5. The van der Waals surface area contributed by atoms with Crippen molar-refractivity contribution in [3.05, 3.63) is 30.1 Å². The summed E-state index contributed by atoms with van der Waals surface area (Å²) in [5.41, 5.74) is 1.85. The summed E-state index contributed by atoms with van der Waals surface area (Å²) in [7, 11) is 0. The first-order valence-electron chi connectivity index (χ1n) is 8.23. The number of rotatable bonds is 5. The molecule has 118 valence electrons. The fourth-order valence-corrected chi connectivity index (χ4v) is 3.11. The summed E-state index contributed by atoms with van der Waals surface area (Å²) in [6, 6.07) is 3.90. The fraction of sp³-hybridized carbons (Fsp3) is 0.529. The molecule has 2 aromatic rings. The van der Waals surface area contributed by atoms with E-state index in [2.05, 4.69) is 20.2 Å². The number of aromatic nitrogens is 2. The highest BCUT2D eigenvalue weighted by molar-refractivity contribution is 5.86. The zero-order valence-corrected chi connectivity index (χ0v) is 13.0. The van der Waals surface area contributed by atoms with E-state index in [0.29, 0.717) is 6.42 Å². The van der Waals surface area contributed by atoms with Gasteiger partial charge >= 0.3 is 0 Å². The first-order chi connectivity index (χ1) is 10.8. The lowest BCUT2D eigenvalue weighted by Crippen LogP contribution is -2.36. The summed E-state index contributed by atoms with van der Waals surface area (Å²) in [4.78, 5) is 21.9. The van der Waals surface area contributed by atoms with Crippen molar-refractivity contribution < 1.29 is 4.79 Å². The molecule has 3 rings (SSSR count). The summed E-state index contributed by atoms with van der Waals surface area (Å²) in [6.07, 6.45) is 9.31. The van der Waals surface area contributed by atoms with Gasteiger partial charge in [-0.3, -0.25) is 4.79 Å². The van der Waals surface area contributed by atoms with Crippen LogP contribution < -0.4 is 5.32 Å². The standard InChI is InChI=1S/C17H24N4O/c22-16(18-8-11-21-9-3-1-2-4-10-21)12-14-13-20-17-15(14)6-5-7-19-17/h5-7,13H,1-4,8-12H2,(H,18,22)(H,19,20). The minimum absolute atomic E-state index is 0.0829. The van der Waals surface area contributed by atoms with Crippen molar-refractivity contribution in [1.29, 1.82) is 0 Å². The van der Waals surface area contributed by atoms with Crippen LogP contribution in [0.3, 0.4) is 0 Å². The smallest absolute Gasteiger partial charge is 0.224 e. The predicted molar refractivity (Wildman–Crippen MR) is 87.7 cm³/mol. The van der Waals surface area contributed by atoms with Crippen molar-refractivity contribution in [2.75, 3.05) is 26.2 Å². The van der Waals surface area contributed by atoms with E-state index in [0.717, 1.165) is 29.7 Å². The SMILES string of the molecule is O=C(Cc1c[nH]c2ncccc12)NCCN1CCCCCC1. The number of carbonyl (C=O) groups excluding carboxylic acids is 1. The van der Waals surface area contributed by atoms with E-state index in [-0.39, 0.29) is 5.91 Å². The van der Waals surface area contributed by atoms with Crippen LogP contribution in [0.15, 0.2) is 24.5 Å². The second kappa shape index (κ2) is 7.40. The summed E-state index contributed by atoms with van der Waals surface area (Å²) in [5.74, 6) is 0.0829. The topological polar surface area (TPSA) is 61.0 Å². The number of pyridine rings is 1. The van der Waals surface area contributed by atoms with Gasteiger partial charge in [0.25, 0.3) is 0 Å². The number of fused-ring (bicyclic) bond motifs is 1. The minimum Gasteiger partial charge on any atom is -0.355 e. The van der Waals surface area contributed by atoms with E-state index < -0.39 is 0 Å². The number of aromatic amines is 1. The molecule has 1 amide bonds. The van der Waals surface area contributed by atoms with Crippen LogP contribution in [0.4, 0.5) is 0 Å². The van der Waals surface area contributed by atoms with E-state index in [1.54, 1.807) is 6.20 Å². The van der Waals surface area contributed by atoms with Crippen molar-refractivity contribution in [3.8, 4) is 0 Å². The van der Waals surface area contributed by atoms with Gasteiger partial charge in [0.15, 0.2) is 0 Å². The second-order valence-corrected chi connectivity index (χ2v) is 6.00. The van der Waals surface area contributed by atoms with Crippen LogP contribution in [0.25, 0.3) is 11.0 Å². The molecular formula is C17H24N4O. The fourth-order valence-electron chi connectivity index (χ4n) is 3.11. The van der Waals surface area contributed by atoms with Crippen LogP contribution in [0.1, 0.15) is 31.2 Å². The van der Waals surface area contributed by atoms with Gasteiger partial charge in [0.05, 0.1) is 6.42 Å². The predicted octanol–water partition coefficient (Wildman–Crippen LogP) is 2.10. The molecule has 1 saturated heterocycles. The van der Waals surface area contributed by atoms with Gasteiger partial charge in [0.2, 0.25) is 5.91 Å². The Balaban J connectivity index is 1.46. The summed E-state index contributed by atoms with van der Waals surface area (Å²) >= 11 is 0. The van der Waals surface area contributed by atoms with Crippen molar-refractivity contribution in [2.24, 2.45) is 0 Å². The Morgan fingerprint density at radius 1 is 1.27 bits per heavy atom. The highest BCUT2D eigenvalue weighted by Gasteiger charge is 2.11. The molecule has 0 bridgehead atoms. The first-order valence-corrected chi connectivity index (χ1v) is 8.23. The molecule has 2 aromatic heterocycles. The van der Waals surface area contributed by atoms with E-state index >= 15 is 0 Å². The lowest BCUT2D eigenvalue weighted by molar-refractivity contribution is -0.120. The molecule has 0 spiro atoms.